The van der Waals surface area contributed by atoms with Crippen LogP contribution in [0.5, 0.6) is 0 Å². The second-order valence-electron chi connectivity index (χ2n) is 13.0. The summed E-state index contributed by atoms with van der Waals surface area (Å²) in [5, 5.41) is 31.2. The van der Waals surface area contributed by atoms with E-state index >= 15 is 0 Å². The molecule has 7 atom stereocenters. The molecule has 5 heterocycles. The Bertz CT molecular complexity index is 1530. The van der Waals surface area contributed by atoms with Gasteiger partial charge in [0.25, 0.3) is 11.1 Å². The van der Waals surface area contributed by atoms with Crippen LogP contribution in [-0.4, -0.2) is 141 Å². The zero-order valence-corrected chi connectivity index (χ0v) is 29.2. The molecule has 49 heavy (non-hydrogen) atoms. The van der Waals surface area contributed by atoms with Gasteiger partial charge in [0.15, 0.2) is 11.8 Å². The number of ether oxygens (including phenoxy) is 3. The van der Waals surface area contributed by atoms with E-state index in [9.17, 15) is 19.8 Å². The molecule has 2 N–H and O–H groups in total. The Morgan fingerprint density at radius 3 is 2.55 bits per heavy atom. The molecule has 3 saturated heterocycles. The highest BCUT2D eigenvalue weighted by atomic mass is 32.1. The van der Waals surface area contributed by atoms with E-state index in [0.29, 0.717) is 56.4 Å². The molecule has 3 aliphatic heterocycles. The van der Waals surface area contributed by atoms with Crippen LogP contribution in [-0.2, 0) is 33.6 Å². The third kappa shape index (κ3) is 7.96. The lowest BCUT2D eigenvalue weighted by atomic mass is 9.92. The Morgan fingerprint density at radius 2 is 1.88 bits per heavy atom. The number of nitrogens with zero attached hydrogens (tertiary/aromatic N) is 7. The molecule has 0 aliphatic carbocycles. The average molecular weight is 704 g/mol. The summed E-state index contributed by atoms with van der Waals surface area (Å²) in [5.74, 6) is 0.419. The van der Waals surface area contributed by atoms with E-state index < -0.39 is 36.6 Å². The molecule has 16 nitrogen and oxygen atoms in total. The van der Waals surface area contributed by atoms with Crippen LogP contribution in [0.2, 0.25) is 0 Å². The number of likely N-dealkylation sites (tertiary alicyclic amines) is 2. The minimum Gasteiger partial charge on any atom is -0.467 e. The molecule has 2 amide bonds. The first-order valence-electron chi connectivity index (χ1n) is 16.5. The zero-order valence-electron chi connectivity index (χ0n) is 28.4. The molecule has 3 aliphatic rings. The molecular weight excluding hydrogens is 658 g/mol. The summed E-state index contributed by atoms with van der Waals surface area (Å²) in [6.07, 6.45) is -2.33. The molecule has 0 bridgehead atoms. The molecule has 17 heteroatoms. The molecule has 5 rings (SSSR count). The summed E-state index contributed by atoms with van der Waals surface area (Å²) < 4.78 is 19.5. The number of aliphatic hydroxyl groups excluding tert-OH is 2. The zero-order chi connectivity index (χ0) is 35.4. The molecule has 3 fully saturated rings. The Morgan fingerprint density at radius 1 is 1.16 bits per heavy atom. The van der Waals surface area contributed by atoms with Gasteiger partial charge in [-0.1, -0.05) is 6.92 Å². The number of anilines is 1. The van der Waals surface area contributed by atoms with Crippen LogP contribution < -0.4 is 4.90 Å². The normalized spacial score (nSPS) is 28.0. The first kappa shape index (κ1) is 36.8. The first-order valence-corrected chi connectivity index (χ1v) is 16.9. The van der Waals surface area contributed by atoms with E-state index in [2.05, 4.69) is 26.7 Å². The van der Waals surface area contributed by atoms with Gasteiger partial charge in [0, 0.05) is 52.3 Å². The van der Waals surface area contributed by atoms with Crippen molar-refractivity contribution in [2.45, 2.75) is 95.4 Å². The van der Waals surface area contributed by atoms with Gasteiger partial charge < -0.3 is 39.1 Å². The fourth-order valence-electron chi connectivity index (χ4n) is 6.73. The van der Waals surface area contributed by atoms with E-state index in [1.54, 1.807) is 34.4 Å². The number of amides is 2. The van der Waals surface area contributed by atoms with Gasteiger partial charge in [0.1, 0.15) is 43.0 Å². The Balaban J connectivity index is 1.22. The van der Waals surface area contributed by atoms with Crippen molar-refractivity contribution in [3.8, 4) is 6.07 Å². The minimum absolute atomic E-state index is 0.00751. The van der Waals surface area contributed by atoms with Crippen molar-refractivity contribution in [2.75, 3.05) is 45.2 Å². The van der Waals surface area contributed by atoms with Crippen LogP contribution in [0.4, 0.5) is 5.82 Å². The standard InChI is InChI=1S/C32H45N7O9S/c1-18(2)45-26-24(41)25(42)31(48-44-5)47-27(26)30(43)37-13-8-20(9-14-37)46-32(49)39-15-10-21-28(34-17-35-29(21)39)36(4)22-16-38(12-7-19(22)3)23(40)6-11-33/h10,15,17-20,22,24-27,31,41-42H,6-9,12-14,16H2,1-5H3/t19-,22+,24?,25?,26+,27?,31+/m1/s1. The van der Waals surface area contributed by atoms with Gasteiger partial charge in [-0.15, -0.1) is 0 Å². The number of hydrogen-bond acceptors (Lipinski definition) is 14. The number of hydrogen-bond donors (Lipinski definition) is 2. The largest absolute Gasteiger partial charge is 0.467 e. The number of carbonyl (C=O) groups is 2. The smallest absolute Gasteiger partial charge is 0.269 e. The fourth-order valence-corrected chi connectivity index (χ4v) is 7.02. The van der Waals surface area contributed by atoms with Gasteiger partial charge in [0.2, 0.25) is 12.2 Å². The third-order valence-corrected chi connectivity index (χ3v) is 9.71. The van der Waals surface area contributed by atoms with E-state index in [4.69, 9.17) is 36.6 Å². The van der Waals surface area contributed by atoms with Crippen molar-refractivity contribution in [3.05, 3.63) is 18.6 Å². The molecule has 2 aromatic rings. The molecule has 2 aromatic heterocycles. The van der Waals surface area contributed by atoms with E-state index in [-0.39, 0.29) is 35.8 Å². The van der Waals surface area contributed by atoms with Crippen molar-refractivity contribution < 1.29 is 43.8 Å². The number of nitriles is 1. The maximum absolute atomic E-state index is 13.6. The maximum atomic E-state index is 13.6. The lowest BCUT2D eigenvalue weighted by molar-refractivity contribution is -0.413. The average Bonchev–Trinajstić information content (AvgIpc) is 3.53. The SMILES string of the molecule is COO[C@@H]1OC(C(=O)N2CCC(OC(=S)n3ccc4c(N(C)[C@H]5CN(C(=O)CC#N)CC[C@H]5C)ncnc43)CC2)[C@@H](OC(C)C)C(O)C1O. The van der Waals surface area contributed by atoms with Gasteiger partial charge in [-0.2, -0.15) is 5.26 Å². The Kier molecular flexibility index (Phi) is 12.0. The van der Waals surface area contributed by atoms with E-state index in [0.717, 1.165) is 11.8 Å². The lowest BCUT2D eigenvalue weighted by Gasteiger charge is -2.43. The number of carbonyl (C=O) groups excluding carboxylic acids is 2. The quantitative estimate of drug-likeness (QED) is 0.214. The van der Waals surface area contributed by atoms with Crippen LogP contribution >= 0.6 is 12.2 Å². The number of rotatable bonds is 9. The van der Waals surface area contributed by atoms with Crippen molar-refractivity contribution >= 4 is 46.1 Å². The summed E-state index contributed by atoms with van der Waals surface area (Å²) in [6.45, 7) is 7.47. The van der Waals surface area contributed by atoms with Crippen molar-refractivity contribution in [1.29, 1.82) is 5.26 Å². The molecule has 0 saturated carbocycles. The van der Waals surface area contributed by atoms with Gasteiger partial charge in [0.05, 0.1) is 30.7 Å². The van der Waals surface area contributed by atoms with Gasteiger partial charge >= 0.3 is 0 Å². The van der Waals surface area contributed by atoms with Gasteiger partial charge in [-0.05, 0) is 44.5 Å². The van der Waals surface area contributed by atoms with Crippen molar-refractivity contribution in [1.82, 2.24) is 24.3 Å². The maximum Gasteiger partial charge on any atom is 0.269 e. The minimum atomic E-state index is -1.48. The number of thiocarbonyl (C=S) groups is 1. The number of piperidine rings is 2. The Labute approximate surface area is 290 Å². The fraction of sp³-hybridized carbons (Fsp3) is 0.688. The second kappa shape index (κ2) is 16.0. The van der Waals surface area contributed by atoms with Crippen LogP contribution in [0, 0.1) is 17.2 Å². The summed E-state index contributed by atoms with van der Waals surface area (Å²) in [4.78, 5) is 50.2. The number of aliphatic hydroxyl groups is 2. The first-order chi connectivity index (χ1) is 23.4. The number of aromatic nitrogens is 3. The van der Waals surface area contributed by atoms with Crippen molar-refractivity contribution in [2.24, 2.45) is 5.92 Å². The summed E-state index contributed by atoms with van der Waals surface area (Å²) in [6, 6.07) is 3.83. The van der Waals surface area contributed by atoms with Crippen LogP contribution in [0.3, 0.4) is 0 Å². The van der Waals surface area contributed by atoms with E-state index in [1.165, 1.54) is 13.4 Å². The predicted octanol–water partition coefficient (Wildman–Crippen LogP) is 0.977. The topological polar surface area (TPSA) is 185 Å². The highest BCUT2D eigenvalue weighted by Crippen LogP contribution is 2.31. The molecule has 0 radical (unpaired) electrons. The summed E-state index contributed by atoms with van der Waals surface area (Å²) >= 11 is 5.71. The molecule has 0 aromatic carbocycles. The summed E-state index contributed by atoms with van der Waals surface area (Å²) in [5.41, 5.74) is 0.578. The van der Waals surface area contributed by atoms with Crippen LogP contribution in [0.15, 0.2) is 18.6 Å². The third-order valence-electron chi connectivity index (χ3n) is 9.42. The van der Waals surface area contributed by atoms with Crippen molar-refractivity contribution in [3.63, 3.8) is 0 Å². The number of fused-ring (bicyclic) bond motifs is 1. The van der Waals surface area contributed by atoms with Gasteiger partial charge in [-0.3, -0.25) is 14.2 Å². The highest BCUT2D eigenvalue weighted by molar-refractivity contribution is 7.80. The van der Waals surface area contributed by atoms with Crippen LogP contribution in [0.1, 0.15) is 46.5 Å². The summed E-state index contributed by atoms with van der Waals surface area (Å²) in [7, 11) is 3.19. The Hall–Kier alpha value is -3.50. The lowest BCUT2D eigenvalue weighted by Crippen LogP contribution is -2.64. The second-order valence-corrected chi connectivity index (χ2v) is 13.3. The highest BCUT2D eigenvalue weighted by Gasteiger charge is 2.51. The molecular formula is C32H45N7O9S. The number of likely N-dealkylation sites (N-methyl/N-ethyl adjacent to an activating group) is 1. The molecule has 3 unspecified atom stereocenters. The van der Waals surface area contributed by atoms with Crippen LogP contribution in [0.25, 0.3) is 11.0 Å². The monoisotopic (exact) mass is 703 g/mol. The molecule has 0 spiro atoms. The van der Waals surface area contributed by atoms with E-state index in [1.807, 2.05) is 19.2 Å². The predicted molar refractivity (Wildman–Crippen MR) is 178 cm³/mol. The molecule has 268 valence electrons. The van der Waals surface area contributed by atoms with Gasteiger partial charge in [-0.25, -0.2) is 19.7 Å².